The number of nitrogens with zero attached hydrogens (tertiary/aromatic N) is 1. The number of carbonyl (C=O) groups excluding carboxylic acids is 2. The molecule has 7 heteroatoms. The largest absolute Gasteiger partial charge is 0.383 e. The Morgan fingerprint density at radius 3 is 2.45 bits per heavy atom. The van der Waals surface area contributed by atoms with Crippen molar-refractivity contribution in [3.8, 4) is 0 Å². The molecule has 0 fully saturated rings. The quantitative estimate of drug-likeness (QED) is 0.691. The molecule has 0 radical (unpaired) electrons. The van der Waals surface area contributed by atoms with E-state index in [-0.39, 0.29) is 24.2 Å². The van der Waals surface area contributed by atoms with Gasteiger partial charge in [-0.25, -0.2) is 0 Å². The Hall–Kier alpha value is -1.63. The Kier molecular flexibility index (Phi) is 10.2. The van der Waals surface area contributed by atoms with Gasteiger partial charge in [-0.3, -0.25) is 9.59 Å². The number of rotatable bonds is 8. The molecule has 124 valence electrons. The Labute approximate surface area is 137 Å². The standard InChI is InChI=1S/C15H23N3O3.ClH/c1-18(2)15(20)13-6-4-5-12(11-13)14(19)17-8-7-16-9-10-21-3;/h4-6,11,16H,7-10H2,1-3H3,(H,17,19);1H. The number of carbonyl (C=O) groups is 2. The maximum absolute atomic E-state index is 12.0. The van der Waals surface area contributed by atoms with E-state index in [4.69, 9.17) is 4.74 Å². The summed E-state index contributed by atoms with van der Waals surface area (Å²) >= 11 is 0. The van der Waals surface area contributed by atoms with Crippen LogP contribution in [0, 0.1) is 0 Å². The first-order chi connectivity index (χ1) is 10.1. The van der Waals surface area contributed by atoms with Crippen LogP contribution in [0.15, 0.2) is 24.3 Å². The molecule has 22 heavy (non-hydrogen) atoms. The van der Waals surface area contributed by atoms with Crippen molar-refractivity contribution in [3.63, 3.8) is 0 Å². The average Bonchev–Trinajstić information content (AvgIpc) is 2.49. The highest BCUT2D eigenvalue weighted by atomic mass is 35.5. The van der Waals surface area contributed by atoms with Gasteiger partial charge in [-0.2, -0.15) is 0 Å². The van der Waals surface area contributed by atoms with Crippen molar-refractivity contribution in [1.29, 1.82) is 0 Å². The van der Waals surface area contributed by atoms with Gasteiger partial charge in [0.15, 0.2) is 0 Å². The molecule has 0 spiro atoms. The highest BCUT2D eigenvalue weighted by Gasteiger charge is 2.11. The molecule has 0 aliphatic heterocycles. The van der Waals surface area contributed by atoms with Crippen LogP contribution in [-0.4, -0.2) is 64.2 Å². The monoisotopic (exact) mass is 329 g/mol. The molecular weight excluding hydrogens is 306 g/mol. The van der Waals surface area contributed by atoms with Gasteiger partial charge >= 0.3 is 0 Å². The highest BCUT2D eigenvalue weighted by molar-refractivity contribution is 5.99. The van der Waals surface area contributed by atoms with Crippen LogP contribution in [0.3, 0.4) is 0 Å². The third-order valence-electron chi connectivity index (χ3n) is 2.85. The van der Waals surface area contributed by atoms with Crippen LogP contribution in [0.1, 0.15) is 20.7 Å². The molecule has 1 aromatic carbocycles. The number of benzene rings is 1. The zero-order valence-corrected chi connectivity index (χ0v) is 14.0. The smallest absolute Gasteiger partial charge is 0.253 e. The van der Waals surface area contributed by atoms with E-state index in [0.717, 1.165) is 6.54 Å². The second-order valence-corrected chi connectivity index (χ2v) is 4.78. The minimum absolute atomic E-state index is 0. The van der Waals surface area contributed by atoms with Crippen molar-refractivity contribution in [1.82, 2.24) is 15.5 Å². The van der Waals surface area contributed by atoms with E-state index in [1.54, 1.807) is 45.5 Å². The fourth-order valence-corrected chi connectivity index (χ4v) is 1.72. The molecule has 0 aliphatic rings. The van der Waals surface area contributed by atoms with Crippen molar-refractivity contribution < 1.29 is 14.3 Å². The van der Waals surface area contributed by atoms with Crippen LogP contribution in [0.2, 0.25) is 0 Å². The average molecular weight is 330 g/mol. The number of ether oxygens (including phenoxy) is 1. The molecule has 0 unspecified atom stereocenters. The van der Waals surface area contributed by atoms with Crippen LogP contribution in [0.4, 0.5) is 0 Å². The summed E-state index contributed by atoms with van der Waals surface area (Å²) in [6.07, 6.45) is 0. The second-order valence-electron chi connectivity index (χ2n) is 4.78. The summed E-state index contributed by atoms with van der Waals surface area (Å²) in [4.78, 5) is 25.3. The molecule has 2 N–H and O–H groups in total. The van der Waals surface area contributed by atoms with Crippen LogP contribution in [0.25, 0.3) is 0 Å². The van der Waals surface area contributed by atoms with Crippen molar-refractivity contribution in [2.24, 2.45) is 0 Å². The molecule has 6 nitrogen and oxygen atoms in total. The van der Waals surface area contributed by atoms with Crippen LogP contribution >= 0.6 is 12.4 Å². The lowest BCUT2D eigenvalue weighted by atomic mass is 10.1. The number of halogens is 1. The molecule has 0 aliphatic carbocycles. The molecule has 1 rings (SSSR count). The van der Waals surface area contributed by atoms with Gasteiger partial charge in [-0.1, -0.05) is 6.07 Å². The third-order valence-corrected chi connectivity index (χ3v) is 2.85. The summed E-state index contributed by atoms with van der Waals surface area (Å²) < 4.78 is 4.91. The Balaban J connectivity index is 0.00000441. The lowest BCUT2D eigenvalue weighted by molar-refractivity contribution is 0.0827. The normalized spacial score (nSPS) is 9.77. The maximum atomic E-state index is 12.0. The summed E-state index contributed by atoms with van der Waals surface area (Å²) in [6, 6.07) is 6.71. The number of hydrogen-bond acceptors (Lipinski definition) is 4. The van der Waals surface area contributed by atoms with Crippen molar-refractivity contribution >= 4 is 24.2 Å². The van der Waals surface area contributed by atoms with Gasteiger partial charge in [-0.15, -0.1) is 12.4 Å². The Bertz CT molecular complexity index is 481. The molecule has 0 atom stereocenters. The summed E-state index contributed by atoms with van der Waals surface area (Å²) in [6.45, 7) is 2.58. The van der Waals surface area contributed by atoms with Crippen molar-refractivity contribution in [2.45, 2.75) is 0 Å². The molecule has 0 saturated carbocycles. The molecule has 0 saturated heterocycles. The number of nitrogens with one attached hydrogen (secondary N) is 2. The zero-order chi connectivity index (χ0) is 15.7. The van der Waals surface area contributed by atoms with E-state index in [9.17, 15) is 9.59 Å². The van der Waals surface area contributed by atoms with Gasteiger partial charge in [0.2, 0.25) is 0 Å². The first kappa shape index (κ1) is 20.4. The Morgan fingerprint density at radius 1 is 1.14 bits per heavy atom. The number of methoxy groups -OCH3 is 1. The summed E-state index contributed by atoms with van der Waals surface area (Å²) in [5.41, 5.74) is 0.991. The van der Waals surface area contributed by atoms with E-state index >= 15 is 0 Å². The van der Waals surface area contributed by atoms with Crippen molar-refractivity contribution in [3.05, 3.63) is 35.4 Å². The molecule has 0 aromatic heterocycles. The van der Waals surface area contributed by atoms with Gasteiger partial charge in [-0.05, 0) is 18.2 Å². The van der Waals surface area contributed by atoms with Gasteiger partial charge in [0.25, 0.3) is 11.8 Å². The molecular formula is C15H24ClN3O3. The minimum Gasteiger partial charge on any atom is -0.383 e. The first-order valence-electron chi connectivity index (χ1n) is 6.86. The van der Waals surface area contributed by atoms with Crippen LogP contribution < -0.4 is 10.6 Å². The lowest BCUT2D eigenvalue weighted by Gasteiger charge is -2.11. The SMILES string of the molecule is COCCNCCNC(=O)c1cccc(C(=O)N(C)C)c1.Cl. The fourth-order valence-electron chi connectivity index (χ4n) is 1.72. The van der Waals surface area contributed by atoms with Gasteiger partial charge in [0.05, 0.1) is 6.61 Å². The summed E-state index contributed by atoms with van der Waals surface area (Å²) in [5, 5.41) is 5.94. The highest BCUT2D eigenvalue weighted by Crippen LogP contribution is 2.07. The lowest BCUT2D eigenvalue weighted by Crippen LogP contribution is -2.33. The van der Waals surface area contributed by atoms with E-state index in [0.29, 0.717) is 30.8 Å². The predicted octanol–water partition coefficient (Wildman–Crippen LogP) is 0.776. The minimum atomic E-state index is -0.183. The van der Waals surface area contributed by atoms with Crippen LogP contribution in [0.5, 0.6) is 0 Å². The van der Waals surface area contributed by atoms with Gasteiger partial charge in [0, 0.05) is 52.0 Å². The summed E-state index contributed by atoms with van der Waals surface area (Å²) in [7, 11) is 5.01. The topological polar surface area (TPSA) is 70.7 Å². The first-order valence-corrected chi connectivity index (χ1v) is 6.86. The number of hydrogen-bond donors (Lipinski definition) is 2. The van der Waals surface area contributed by atoms with E-state index in [1.165, 1.54) is 4.90 Å². The predicted molar refractivity (Wildman–Crippen MR) is 88.8 cm³/mol. The molecule has 0 bridgehead atoms. The van der Waals surface area contributed by atoms with Crippen molar-refractivity contribution in [2.75, 3.05) is 47.4 Å². The molecule has 2 amide bonds. The van der Waals surface area contributed by atoms with E-state index in [2.05, 4.69) is 10.6 Å². The van der Waals surface area contributed by atoms with Gasteiger partial charge in [0.1, 0.15) is 0 Å². The fraction of sp³-hybridized carbons (Fsp3) is 0.467. The Morgan fingerprint density at radius 2 is 1.82 bits per heavy atom. The van der Waals surface area contributed by atoms with Gasteiger partial charge < -0.3 is 20.3 Å². The second kappa shape index (κ2) is 11.0. The zero-order valence-electron chi connectivity index (χ0n) is 13.2. The van der Waals surface area contributed by atoms with E-state index in [1.807, 2.05) is 0 Å². The maximum Gasteiger partial charge on any atom is 0.253 e. The number of amides is 2. The molecule has 1 aromatic rings. The van der Waals surface area contributed by atoms with Crippen LogP contribution in [-0.2, 0) is 4.74 Å². The van der Waals surface area contributed by atoms with E-state index < -0.39 is 0 Å². The molecule has 0 heterocycles. The third kappa shape index (κ3) is 6.89. The summed E-state index contributed by atoms with van der Waals surface area (Å²) in [5.74, 6) is -0.303.